The van der Waals surface area contributed by atoms with Crippen molar-refractivity contribution in [1.82, 2.24) is 15.0 Å². The molecule has 0 aromatic carbocycles. The molecule has 0 radical (unpaired) electrons. The van der Waals surface area contributed by atoms with Crippen molar-refractivity contribution in [2.24, 2.45) is 12.8 Å². The Labute approximate surface area is 77.6 Å². The number of hydrogen-bond donors (Lipinski definition) is 2. The van der Waals surface area contributed by atoms with Crippen molar-refractivity contribution >= 4 is 0 Å². The zero-order valence-corrected chi connectivity index (χ0v) is 8.23. The maximum absolute atomic E-state index is 9.85. The molecule has 0 saturated carbocycles. The molecule has 0 fully saturated rings. The molecule has 1 rings (SSSR count). The van der Waals surface area contributed by atoms with Gasteiger partial charge in [0.2, 0.25) is 0 Å². The van der Waals surface area contributed by atoms with Crippen molar-refractivity contribution in [2.75, 3.05) is 0 Å². The number of aliphatic hydroxyl groups is 1. The van der Waals surface area contributed by atoms with Crippen LogP contribution in [-0.4, -0.2) is 31.7 Å². The molecule has 74 valence electrons. The highest BCUT2D eigenvalue weighted by atomic mass is 16.3. The van der Waals surface area contributed by atoms with Gasteiger partial charge < -0.3 is 10.8 Å². The summed E-state index contributed by atoms with van der Waals surface area (Å²) in [7, 11) is 1.79. The van der Waals surface area contributed by atoms with Crippen LogP contribution >= 0.6 is 0 Å². The van der Waals surface area contributed by atoms with Gasteiger partial charge in [-0.3, -0.25) is 4.68 Å². The first-order valence-corrected chi connectivity index (χ1v) is 4.25. The SMILES string of the molecule is CC(N)C(C)(O)Cc1cn(C)nn1. The summed E-state index contributed by atoms with van der Waals surface area (Å²) in [6.07, 6.45) is 2.20. The van der Waals surface area contributed by atoms with Crippen LogP contribution in [0.15, 0.2) is 6.20 Å². The molecule has 0 bridgehead atoms. The van der Waals surface area contributed by atoms with E-state index in [1.807, 2.05) is 0 Å². The first kappa shape index (κ1) is 10.1. The van der Waals surface area contributed by atoms with E-state index < -0.39 is 5.60 Å². The first-order chi connectivity index (χ1) is 5.92. The molecule has 5 heteroatoms. The smallest absolute Gasteiger partial charge is 0.0856 e. The Morgan fingerprint density at radius 2 is 2.38 bits per heavy atom. The van der Waals surface area contributed by atoms with Crippen LogP contribution in [0.5, 0.6) is 0 Å². The van der Waals surface area contributed by atoms with Gasteiger partial charge in [0.15, 0.2) is 0 Å². The molecule has 0 aliphatic heterocycles. The van der Waals surface area contributed by atoms with Crippen molar-refractivity contribution in [3.8, 4) is 0 Å². The van der Waals surface area contributed by atoms with Gasteiger partial charge in [-0.05, 0) is 13.8 Å². The third kappa shape index (κ3) is 2.50. The second-order valence-electron chi connectivity index (χ2n) is 3.71. The topological polar surface area (TPSA) is 77.0 Å². The molecule has 0 aliphatic carbocycles. The molecule has 1 aromatic rings. The van der Waals surface area contributed by atoms with E-state index in [-0.39, 0.29) is 6.04 Å². The predicted octanol–water partition coefficient (Wildman–Crippen LogP) is -0.544. The number of nitrogens with two attached hydrogens (primary N) is 1. The van der Waals surface area contributed by atoms with Crippen LogP contribution in [-0.2, 0) is 13.5 Å². The average Bonchev–Trinajstić information content (AvgIpc) is 2.34. The van der Waals surface area contributed by atoms with Gasteiger partial charge >= 0.3 is 0 Å². The summed E-state index contributed by atoms with van der Waals surface area (Å²) >= 11 is 0. The van der Waals surface area contributed by atoms with Crippen LogP contribution in [0.3, 0.4) is 0 Å². The summed E-state index contributed by atoms with van der Waals surface area (Å²) in [4.78, 5) is 0. The van der Waals surface area contributed by atoms with Gasteiger partial charge in [0.1, 0.15) is 0 Å². The number of hydrogen-bond acceptors (Lipinski definition) is 4. The molecule has 13 heavy (non-hydrogen) atoms. The third-order valence-corrected chi connectivity index (χ3v) is 2.17. The van der Waals surface area contributed by atoms with E-state index in [0.29, 0.717) is 6.42 Å². The Morgan fingerprint density at radius 1 is 1.77 bits per heavy atom. The Balaban J connectivity index is 2.68. The lowest BCUT2D eigenvalue weighted by atomic mass is 9.93. The standard InChI is InChI=1S/C8H16N4O/c1-6(9)8(2,13)4-7-5-12(3)11-10-7/h5-6,13H,4,9H2,1-3H3. The van der Waals surface area contributed by atoms with Gasteiger partial charge in [0.25, 0.3) is 0 Å². The number of aromatic nitrogens is 3. The molecule has 2 unspecified atom stereocenters. The van der Waals surface area contributed by atoms with Crippen molar-refractivity contribution in [3.05, 3.63) is 11.9 Å². The highest BCUT2D eigenvalue weighted by molar-refractivity contribution is 5.00. The summed E-state index contributed by atoms with van der Waals surface area (Å²) in [5.74, 6) is 0. The lowest BCUT2D eigenvalue weighted by molar-refractivity contribution is 0.0379. The van der Waals surface area contributed by atoms with E-state index in [4.69, 9.17) is 5.73 Å². The zero-order valence-electron chi connectivity index (χ0n) is 8.23. The lowest BCUT2D eigenvalue weighted by Gasteiger charge is -2.26. The quantitative estimate of drug-likeness (QED) is 0.661. The molecular weight excluding hydrogens is 168 g/mol. The van der Waals surface area contributed by atoms with E-state index >= 15 is 0 Å². The van der Waals surface area contributed by atoms with E-state index in [2.05, 4.69) is 10.3 Å². The minimum absolute atomic E-state index is 0.283. The average molecular weight is 184 g/mol. The largest absolute Gasteiger partial charge is 0.388 e. The van der Waals surface area contributed by atoms with Crippen LogP contribution in [0, 0.1) is 0 Å². The Bertz CT molecular complexity index is 279. The lowest BCUT2D eigenvalue weighted by Crippen LogP contribution is -2.45. The predicted molar refractivity (Wildman–Crippen MR) is 49.0 cm³/mol. The minimum atomic E-state index is -0.921. The maximum Gasteiger partial charge on any atom is 0.0856 e. The Kier molecular flexibility index (Phi) is 2.68. The molecule has 0 spiro atoms. The van der Waals surface area contributed by atoms with Crippen molar-refractivity contribution in [1.29, 1.82) is 0 Å². The van der Waals surface area contributed by atoms with Crippen molar-refractivity contribution < 1.29 is 5.11 Å². The fraction of sp³-hybridized carbons (Fsp3) is 0.750. The highest BCUT2D eigenvalue weighted by Crippen LogP contribution is 2.13. The molecule has 1 heterocycles. The Morgan fingerprint density at radius 3 is 2.77 bits per heavy atom. The normalized spacial score (nSPS) is 18.2. The molecule has 5 nitrogen and oxygen atoms in total. The van der Waals surface area contributed by atoms with Crippen molar-refractivity contribution in [2.45, 2.75) is 31.9 Å². The highest BCUT2D eigenvalue weighted by Gasteiger charge is 2.26. The third-order valence-electron chi connectivity index (χ3n) is 2.17. The summed E-state index contributed by atoms with van der Waals surface area (Å²) in [5, 5.41) is 17.5. The second-order valence-corrected chi connectivity index (χ2v) is 3.71. The fourth-order valence-electron chi connectivity index (χ4n) is 1.00. The van der Waals surface area contributed by atoms with Gasteiger partial charge in [0.05, 0.1) is 11.3 Å². The summed E-state index contributed by atoms with van der Waals surface area (Å²) < 4.78 is 1.60. The summed E-state index contributed by atoms with van der Waals surface area (Å²) in [5.41, 5.74) is 5.45. The fourth-order valence-corrected chi connectivity index (χ4v) is 1.00. The van der Waals surface area contributed by atoms with Gasteiger partial charge in [-0.2, -0.15) is 0 Å². The number of rotatable bonds is 3. The molecular formula is C8H16N4O. The molecule has 0 saturated heterocycles. The van der Waals surface area contributed by atoms with Gasteiger partial charge in [0, 0.05) is 25.7 Å². The number of aryl methyl sites for hydroxylation is 1. The molecule has 2 atom stereocenters. The van der Waals surface area contributed by atoms with E-state index in [0.717, 1.165) is 5.69 Å². The van der Waals surface area contributed by atoms with Gasteiger partial charge in [-0.1, -0.05) is 5.21 Å². The van der Waals surface area contributed by atoms with E-state index in [1.165, 1.54) is 0 Å². The van der Waals surface area contributed by atoms with Gasteiger partial charge in [-0.15, -0.1) is 5.10 Å². The molecule has 0 aliphatic rings. The maximum atomic E-state index is 9.85. The molecule has 0 amide bonds. The first-order valence-electron chi connectivity index (χ1n) is 4.25. The second kappa shape index (κ2) is 3.43. The van der Waals surface area contributed by atoms with E-state index in [1.54, 1.807) is 31.8 Å². The van der Waals surface area contributed by atoms with E-state index in [9.17, 15) is 5.11 Å². The van der Waals surface area contributed by atoms with Crippen LogP contribution in [0.25, 0.3) is 0 Å². The summed E-state index contributed by atoms with van der Waals surface area (Å²) in [6, 6.07) is -0.283. The minimum Gasteiger partial charge on any atom is -0.388 e. The zero-order chi connectivity index (χ0) is 10.1. The molecule has 1 aromatic heterocycles. The molecule has 3 N–H and O–H groups in total. The van der Waals surface area contributed by atoms with Crippen LogP contribution < -0.4 is 5.73 Å². The number of nitrogens with zero attached hydrogens (tertiary/aromatic N) is 3. The van der Waals surface area contributed by atoms with Crippen LogP contribution in [0.4, 0.5) is 0 Å². The Hall–Kier alpha value is -0.940. The monoisotopic (exact) mass is 184 g/mol. The van der Waals surface area contributed by atoms with Crippen LogP contribution in [0.1, 0.15) is 19.5 Å². The summed E-state index contributed by atoms with van der Waals surface area (Å²) in [6.45, 7) is 3.47. The van der Waals surface area contributed by atoms with Crippen molar-refractivity contribution in [3.63, 3.8) is 0 Å². The van der Waals surface area contributed by atoms with Gasteiger partial charge in [-0.25, -0.2) is 0 Å². The van der Waals surface area contributed by atoms with Crippen LogP contribution in [0.2, 0.25) is 0 Å².